The maximum absolute atomic E-state index is 12.5. The van der Waals surface area contributed by atoms with Crippen LogP contribution in [0.3, 0.4) is 0 Å². The molecule has 1 unspecified atom stereocenters. The Bertz CT molecular complexity index is 912. The highest BCUT2D eigenvalue weighted by atomic mass is 32.1. The van der Waals surface area contributed by atoms with Gasteiger partial charge in [-0.15, -0.1) is 11.3 Å². The van der Waals surface area contributed by atoms with Crippen LogP contribution in [0.1, 0.15) is 27.0 Å². The molecule has 2 aromatic rings. The number of nitrogens with one attached hydrogen (secondary N) is 1. The molecule has 9 heteroatoms. The largest absolute Gasteiger partial charge is 0.465 e. The Hall–Kier alpha value is -2.91. The first-order chi connectivity index (χ1) is 14.4. The lowest BCUT2D eigenvalue weighted by Gasteiger charge is -2.40. The molecule has 1 aromatic carbocycles. The SMILES string of the molecule is COC(=O)c1ccc(N2CCN(CC(=O)Nc3ccsc3C(=O)OC)C(C)C2)cc1. The minimum absolute atomic E-state index is 0.160. The fourth-order valence-corrected chi connectivity index (χ4v) is 4.19. The Balaban J connectivity index is 1.55. The van der Waals surface area contributed by atoms with Gasteiger partial charge in [-0.3, -0.25) is 9.69 Å². The number of benzene rings is 1. The van der Waals surface area contributed by atoms with E-state index < -0.39 is 5.97 Å². The summed E-state index contributed by atoms with van der Waals surface area (Å²) in [5.41, 5.74) is 2.03. The van der Waals surface area contributed by atoms with E-state index in [0.717, 1.165) is 25.3 Å². The molecule has 1 fully saturated rings. The van der Waals surface area contributed by atoms with Crippen molar-refractivity contribution in [3.05, 3.63) is 46.2 Å². The van der Waals surface area contributed by atoms with Crippen LogP contribution in [0.15, 0.2) is 35.7 Å². The van der Waals surface area contributed by atoms with Crippen molar-refractivity contribution in [3.63, 3.8) is 0 Å². The Labute approximate surface area is 179 Å². The number of hydrogen-bond acceptors (Lipinski definition) is 8. The van der Waals surface area contributed by atoms with Gasteiger partial charge in [0.1, 0.15) is 4.88 Å². The number of thiophene rings is 1. The number of rotatable bonds is 6. The normalized spacial score (nSPS) is 16.8. The number of hydrogen-bond donors (Lipinski definition) is 1. The highest BCUT2D eigenvalue weighted by Crippen LogP contribution is 2.24. The number of amides is 1. The van der Waals surface area contributed by atoms with E-state index in [9.17, 15) is 14.4 Å². The van der Waals surface area contributed by atoms with Gasteiger partial charge in [0.25, 0.3) is 0 Å². The third kappa shape index (κ3) is 4.98. The van der Waals surface area contributed by atoms with E-state index in [-0.39, 0.29) is 24.5 Å². The van der Waals surface area contributed by atoms with Gasteiger partial charge in [0.2, 0.25) is 5.91 Å². The van der Waals surface area contributed by atoms with Crippen molar-refractivity contribution in [2.24, 2.45) is 0 Å². The zero-order valence-electron chi connectivity index (χ0n) is 17.2. The second-order valence-electron chi connectivity index (χ2n) is 7.01. The van der Waals surface area contributed by atoms with Crippen molar-refractivity contribution in [2.45, 2.75) is 13.0 Å². The molecule has 1 atom stereocenters. The van der Waals surface area contributed by atoms with Gasteiger partial charge < -0.3 is 19.7 Å². The van der Waals surface area contributed by atoms with Gasteiger partial charge in [0.15, 0.2) is 0 Å². The van der Waals surface area contributed by atoms with Gasteiger partial charge in [0, 0.05) is 31.4 Å². The third-order valence-corrected chi connectivity index (χ3v) is 5.97. The summed E-state index contributed by atoms with van der Waals surface area (Å²) in [4.78, 5) is 40.6. The molecule has 1 aromatic heterocycles. The molecule has 1 aliphatic heterocycles. The molecule has 3 rings (SSSR count). The van der Waals surface area contributed by atoms with Gasteiger partial charge in [0.05, 0.1) is 32.0 Å². The van der Waals surface area contributed by atoms with Crippen molar-refractivity contribution in [1.29, 1.82) is 0 Å². The molecule has 1 amide bonds. The summed E-state index contributed by atoms with van der Waals surface area (Å²) in [6.45, 7) is 4.57. The van der Waals surface area contributed by atoms with Crippen molar-refractivity contribution >= 4 is 40.6 Å². The molecular formula is C21H25N3O5S. The molecule has 1 saturated heterocycles. The van der Waals surface area contributed by atoms with Crippen LogP contribution in [0.2, 0.25) is 0 Å². The molecule has 0 radical (unpaired) electrons. The van der Waals surface area contributed by atoms with E-state index in [2.05, 4.69) is 22.0 Å². The van der Waals surface area contributed by atoms with Gasteiger partial charge in [-0.1, -0.05) is 0 Å². The molecule has 1 N–H and O–H groups in total. The first kappa shape index (κ1) is 21.8. The number of esters is 2. The van der Waals surface area contributed by atoms with E-state index in [1.807, 2.05) is 12.1 Å². The summed E-state index contributed by atoms with van der Waals surface area (Å²) >= 11 is 1.23. The van der Waals surface area contributed by atoms with Crippen LogP contribution in [0.25, 0.3) is 0 Å². The smallest absolute Gasteiger partial charge is 0.350 e. The number of carbonyl (C=O) groups is 3. The fourth-order valence-electron chi connectivity index (χ4n) is 3.42. The summed E-state index contributed by atoms with van der Waals surface area (Å²) in [5, 5.41) is 4.56. The zero-order chi connectivity index (χ0) is 21.7. The maximum Gasteiger partial charge on any atom is 0.350 e. The maximum atomic E-state index is 12.5. The Kier molecular flexibility index (Phi) is 7.07. The summed E-state index contributed by atoms with van der Waals surface area (Å²) in [7, 11) is 2.68. The number of methoxy groups -OCH3 is 2. The van der Waals surface area contributed by atoms with Crippen LogP contribution < -0.4 is 10.2 Å². The topological polar surface area (TPSA) is 88.2 Å². The molecule has 0 bridgehead atoms. The van der Waals surface area contributed by atoms with Crippen molar-refractivity contribution in [3.8, 4) is 0 Å². The van der Waals surface area contributed by atoms with E-state index in [0.29, 0.717) is 16.1 Å². The monoisotopic (exact) mass is 431 g/mol. The minimum atomic E-state index is -0.458. The minimum Gasteiger partial charge on any atom is -0.465 e. The summed E-state index contributed by atoms with van der Waals surface area (Å²) in [5.74, 6) is -0.978. The highest BCUT2D eigenvalue weighted by Gasteiger charge is 2.26. The lowest BCUT2D eigenvalue weighted by molar-refractivity contribution is -0.117. The van der Waals surface area contributed by atoms with Crippen LogP contribution in [-0.2, 0) is 14.3 Å². The zero-order valence-corrected chi connectivity index (χ0v) is 18.0. The van der Waals surface area contributed by atoms with Gasteiger partial charge in [-0.2, -0.15) is 0 Å². The number of ether oxygens (including phenoxy) is 2. The predicted octanol–water partition coefficient (Wildman–Crippen LogP) is 2.47. The van der Waals surface area contributed by atoms with E-state index in [1.165, 1.54) is 25.6 Å². The number of piperazine rings is 1. The van der Waals surface area contributed by atoms with E-state index >= 15 is 0 Å². The number of anilines is 2. The Morgan fingerprint density at radius 3 is 2.40 bits per heavy atom. The first-order valence-corrected chi connectivity index (χ1v) is 10.4. The molecule has 2 heterocycles. The Morgan fingerprint density at radius 1 is 1.07 bits per heavy atom. The summed E-state index contributed by atoms with van der Waals surface area (Å²) < 4.78 is 9.47. The van der Waals surface area contributed by atoms with Crippen molar-refractivity contribution in [1.82, 2.24) is 4.90 Å². The summed E-state index contributed by atoms with van der Waals surface area (Å²) in [6, 6.07) is 9.19. The molecule has 160 valence electrons. The van der Waals surface area contributed by atoms with E-state index in [4.69, 9.17) is 9.47 Å². The Morgan fingerprint density at radius 2 is 1.77 bits per heavy atom. The number of nitrogens with zero attached hydrogens (tertiary/aromatic N) is 2. The summed E-state index contributed by atoms with van der Waals surface area (Å²) in [6.07, 6.45) is 0. The van der Waals surface area contributed by atoms with Crippen molar-refractivity contribution in [2.75, 3.05) is 50.6 Å². The molecule has 0 saturated carbocycles. The molecule has 1 aliphatic rings. The molecular weight excluding hydrogens is 406 g/mol. The third-order valence-electron chi connectivity index (χ3n) is 5.08. The van der Waals surface area contributed by atoms with Crippen LogP contribution in [-0.4, -0.2) is 69.2 Å². The predicted molar refractivity (Wildman–Crippen MR) is 115 cm³/mol. The van der Waals surface area contributed by atoms with Gasteiger partial charge >= 0.3 is 11.9 Å². The molecule has 0 aliphatic carbocycles. The second-order valence-corrected chi connectivity index (χ2v) is 7.92. The quantitative estimate of drug-likeness (QED) is 0.703. The average molecular weight is 432 g/mol. The molecule has 30 heavy (non-hydrogen) atoms. The van der Waals surface area contributed by atoms with Crippen LogP contribution in [0.5, 0.6) is 0 Å². The first-order valence-electron chi connectivity index (χ1n) is 9.56. The van der Waals surface area contributed by atoms with Gasteiger partial charge in [-0.25, -0.2) is 9.59 Å². The number of carbonyl (C=O) groups excluding carboxylic acids is 3. The van der Waals surface area contributed by atoms with Crippen LogP contribution in [0, 0.1) is 0 Å². The highest BCUT2D eigenvalue weighted by molar-refractivity contribution is 7.12. The van der Waals surface area contributed by atoms with Crippen molar-refractivity contribution < 1.29 is 23.9 Å². The lowest BCUT2D eigenvalue weighted by Crippen LogP contribution is -2.53. The lowest BCUT2D eigenvalue weighted by atomic mass is 10.1. The molecule has 8 nitrogen and oxygen atoms in total. The molecule has 0 spiro atoms. The van der Waals surface area contributed by atoms with Crippen LogP contribution >= 0.6 is 11.3 Å². The van der Waals surface area contributed by atoms with Crippen LogP contribution in [0.4, 0.5) is 11.4 Å². The van der Waals surface area contributed by atoms with Gasteiger partial charge in [-0.05, 0) is 42.6 Å². The second kappa shape index (κ2) is 9.73. The standard InChI is InChI=1S/C21H25N3O5S/c1-14-12-24(16-6-4-15(5-7-16)20(26)28-2)10-9-23(14)13-18(25)22-17-8-11-30-19(17)21(27)29-3/h4-8,11,14H,9-10,12-13H2,1-3H3,(H,22,25). The van der Waals surface area contributed by atoms with E-state index in [1.54, 1.807) is 23.6 Å². The average Bonchev–Trinajstić information content (AvgIpc) is 3.22. The fraction of sp³-hybridized carbons (Fsp3) is 0.381.